The van der Waals surface area contributed by atoms with Crippen molar-refractivity contribution in [3.8, 4) is 0 Å². The summed E-state index contributed by atoms with van der Waals surface area (Å²) < 4.78 is 37.2. The number of aryl methyl sites for hydroxylation is 1. The SMILES string of the molecule is Cc1cc(Cl)c(C(F)(F)F)cc1Br. The van der Waals surface area contributed by atoms with E-state index in [1.807, 2.05) is 0 Å². The van der Waals surface area contributed by atoms with Gasteiger partial charge in [-0.3, -0.25) is 0 Å². The first kappa shape index (κ1) is 10.9. The molecule has 0 spiro atoms. The summed E-state index contributed by atoms with van der Waals surface area (Å²) in [7, 11) is 0. The molecule has 0 aromatic heterocycles. The zero-order valence-electron chi connectivity index (χ0n) is 6.54. The third kappa shape index (κ3) is 2.38. The van der Waals surface area contributed by atoms with Gasteiger partial charge in [0.05, 0.1) is 10.6 Å². The first-order valence-electron chi connectivity index (χ1n) is 3.35. The molecular weight excluding hydrogens is 268 g/mol. The molecular formula is C8H5BrClF3. The van der Waals surface area contributed by atoms with Crippen molar-refractivity contribution in [3.05, 3.63) is 32.8 Å². The zero-order valence-corrected chi connectivity index (χ0v) is 8.89. The van der Waals surface area contributed by atoms with Crippen LogP contribution in [-0.2, 0) is 6.18 Å². The second-order valence-corrected chi connectivity index (χ2v) is 3.84. The molecule has 0 saturated heterocycles. The summed E-state index contributed by atoms with van der Waals surface area (Å²) in [5.74, 6) is 0. The maximum atomic E-state index is 12.3. The number of benzene rings is 1. The van der Waals surface area contributed by atoms with Gasteiger partial charge < -0.3 is 0 Å². The first-order chi connectivity index (χ1) is 5.82. The van der Waals surface area contributed by atoms with Crippen molar-refractivity contribution in [1.82, 2.24) is 0 Å². The minimum absolute atomic E-state index is 0.270. The minimum Gasteiger partial charge on any atom is -0.166 e. The predicted octanol–water partition coefficient (Wildman–Crippen LogP) is 4.43. The number of halogens is 5. The molecule has 0 nitrogen and oxygen atoms in total. The van der Waals surface area contributed by atoms with Crippen molar-refractivity contribution in [3.63, 3.8) is 0 Å². The lowest BCUT2D eigenvalue weighted by atomic mass is 10.1. The molecule has 0 fully saturated rings. The Labute approximate surface area is 86.8 Å². The molecule has 0 aliphatic rings. The fourth-order valence-corrected chi connectivity index (χ4v) is 1.53. The highest BCUT2D eigenvalue weighted by atomic mass is 79.9. The van der Waals surface area contributed by atoms with E-state index in [0.717, 1.165) is 6.07 Å². The average molecular weight is 273 g/mol. The van der Waals surface area contributed by atoms with E-state index in [1.165, 1.54) is 6.07 Å². The summed E-state index contributed by atoms with van der Waals surface area (Å²) >= 11 is 8.46. The average Bonchev–Trinajstić information content (AvgIpc) is 1.94. The Kier molecular flexibility index (Phi) is 2.92. The largest absolute Gasteiger partial charge is 0.417 e. The van der Waals surface area contributed by atoms with Crippen LogP contribution in [0.1, 0.15) is 11.1 Å². The molecule has 1 rings (SSSR count). The summed E-state index contributed by atoms with van der Waals surface area (Å²) in [6, 6.07) is 2.27. The van der Waals surface area contributed by atoms with Crippen LogP contribution >= 0.6 is 27.5 Å². The van der Waals surface area contributed by atoms with Gasteiger partial charge in [-0.15, -0.1) is 0 Å². The van der Waals surface area contributed by atoms with Gasteiger partial charge in [0.1, 0.15) is 0 Å². The zero-order chi connectivity index (χ0) is 10.2. The maximum Gasteiger partial charge on any atom is 0.417 e. The predicted molar refractivity (Wildman–Crippen MR) is 48.9 cm³/mol. The smallest absolute Gasteiger partial charge is 0.166 e. The summed E-state index contributed by atoms with van der Waals surface area (Å²) in [6.07, 6.45) is -4.40. The van der Waals surface area contributed by atoms with Crippen molar-refractivity contribution in [1.29, 1.82) is 0 Å². The normalized spacial score (nSPS) is 11.8. The van der Waals surface area contributed by atoms with Crippen LogP contribution in [0.2, 0.25) is 5.02 Å². The van der Waals surface area contributed by atoms with Crippen LogP contribution in [0.3, 0.4) is 0 Å². The Hall–Kier alpha value is -0.220. The Balaban J connectivity index is 3.32. The second-order valence-electron chi connectivity index (χ2n) is 2.58. The first-order valence-corrected chi connectivity index (χ1v) is 4.52. The van der Waals surface area contributed by atoms with E-state index in [4.69, 9.17) is 11.6 Å². The molecule has 0 heterocycles. The van der Waals surface area contributed by atoms with Crippen LogP contribution in [-0.4, -0.2) is 0 Å². The highest BCUT2D eigenvalue weighted by Crippen LogP contribution is 2.37. The fraction of sp³-hybridized carbons (Fsp3) is 0.250. The van der Waals surface area contributed by atoms with Gasteiger partial charge in [-0.2, -0.15) is 13.2 Å². The fourth-order valence-electron chi connectivity index (χ4n) is 0.864. The molecule has 13 heavy (non-hydrogen) atoms. The van der Waals surface area contributed by atoms with Crippen LogP contribution in [0.4, 0.5) is 13.2 Å². The van der Waals surface area contributed by atoms with E-state index in [-0.39, 0.29) is 5.02 Å². The number of alkyl halides is 3. The van der Waals surface area contributed by atoms with Crippen molar-refractivity contribution >= 4 is 27.5 Å². The molecule has 0 aliphatic carbocycles. The Morgan fingerprint density at radius 3 is 2.31 bits per heavy atom. The van der Waals surface area contributed by atoms with Crippen molar-refractivity contribution in [2.24, 2.45) is 0 Å². The molecule has 0 atom stereocenters. The lowest BCUT2D eigenvalue weighted by Gasteiger charge is -2.10. The van der Waals surface area contributed by atoms with Gasteiger partial charge in [-0.1, -0.05) is 27.5 Å². The summed E-state index contributed by atoms with van der Waals surface area (Å²) in [4.78, 5) is 0. The van der Waals surface area contributed by atoms with Crippen LogP contribution in [0.5, 0.6) is 0 Å². The van der Waals surface area contributed by atoms with Gasteiger partial charge in [-0.25, -0.2) is 0 Å². The highest BCUT2D eigenvalue weighted by Gasteiger charge is 2.33. The van der Waals surface area contributed by atoms with Gasteiger partial charge in [0, 0.05) is 4.47 Å². The molecule has 0 amide bonds. The van der Waals surface area contributed by atoms with Gasteiger partial charge >= 0.3 is 6.18 Å². The van der Waals surface area contributed by atoms with E-state index < -0.39 is 11.7 Å². The monoisotopic (exact) mass is 272 g/mol. The van der Waals surface area contributed by atoms with Gasteiger partial charge in [-0.05, 0) is 24.6 Å². The van der Waals surface area contributed by atoms with Gasteiger partial charge in [0.15, 0.2) is 0 Å². The number of hydrogen-bond acceptors (Lipinski definition) is 0. The molecule has 0 N–H and O–H groups in total. The Morgan fingerprint density at radius 1 is 1.31 bits per heavy atom. The molecule has 0 aliphatic heterocycles. The molecule has 1 aromatic rings. The molecule has 1 aromatic carbocycles. The summed E-state index contributed by atoms with van der Waals surface area (Å²) in [5.41, 5.74) is -0.135. The Bertz CT molecular complexity index is 333. The summed E-state index contributed by atoms with van der Waals surface area (Å²) in [5, 5.41) is -0.270. The third-order valence-electron chi connectivity index (χ3n) is 1.55. The van der Waals surface area contributed by atoms with Crippen LogP contribution in [0.15, 0.2) is 16.6 Å². The van der Waals surface area contributed by atoms with E-state index in [1.54, 1.807) is 6.92 Å². The molecule has 0 saturated carbocycles. The second kappa shape index (κ2) is 3.50. The molecule has 72 valence electrons. The summed E-state index contributed by atoms with van der Waals surface area (Å²) in [6.45, 7) is 1.68. The molecule has 0 radical (unpaired) electrons. The third-order valence-corrected chi connectivity index (χ3v) is 2.72. The van der Waals surface area contributed by atoms with Crippen LogP contribution in [0, 0.1) is 6.92 Å². The standard InChI is InChI=1S/C8H5BrClF3/c1-4-2-7(10)5(3-6(4)9)8(11,12)13/h2-3H,1H3. The van der Waals surface area contributed by atoms with Crippen LogP contribution < -0.4 is 0 Å². The number of hydrogen-bond donors (Lipinski definition) is 0. The van der Waals surface area contributed by atoms with Crippen molar-refractivity contribution < 1.29 is 13.2 Å². The lowest BCUT2D eigenvalue weighted by Crippen LogP contribution is -2.06. The molecule has 0 unspecified atom stereocenters. The van der Waals surface area contributed by atoms with Gasteiger partial charge in [0.2, 0.25) is 0 Å². The molecule has 0 bridgehead atoms. The van der Waals surface area contributed by atoms with Gasteiger partial charge in [0.25, 0.3) is 0 Å². The van der Waals surface area contributed by atoms with E-state index in [2.05, 4.69) is 15.9 Å². The van der Waals surface area contributed by atoms with Crippen molar-refractivity contribution in [2.45, 2.75) is 13.1 Å². The minimum atomic E-state index is -4.40. The molecule has 5 heteroatoms. The maximum absolute atomic E-state index is 12.3. The van der Waals surface area contributed by atoms with Crippen LogP contribution in [0.25, 0.3) is 0 Å². The quantitative estimate of drug-likeness (QED) is 0.656. The van der Waals surface area contributed by atoms with E-state index in [0.29, 0.717) is 10.0 Å². The number of rotatable bonds is 0. The topological polar surface area (TPSA) is 0 Å². The van der Waals surface area contributed by atoms with Crippen molar-refractivity contribution in [2.75, 3.05) is 0 Å². The highest BCUT2D eigenvalue weighted by molar-refractivity contribution is 9.10. The van der Waals surface area contributed by atoms with E-state index in [9.17, 15) is 13.2 Å². The Morgan fingerprint density at radius 2 is 1.85 bits per heavy atom. The van der Waals surface area contributed by atoms with E-state index >= 15 is 0 Å². The lowest BCUT2D eigenvalue weighted by molar-refractivity contribution is -0.137.